The van der Waals surface area contributed by atoms with Crippen LogP contribution in [-0.4, -0.2) is 31.3 Å². The molecule has 0 aliphatic rings. The lowest BCUT2D eigenvalue weighted by Crippen LogP contribution is -2.14. The third kappa shape index (κ3) is 2.58. The van der Waals surface area contributed by atoms with E-state index in [1.807, 2.05) is 0 Å². The molecule has 1 rings (SSSR count). The normalized spacial score (nSPS) is 11.7. The minimum Gasteiger partial charge on any atom is -0.467 e. The molecule has 0 radical (unpaired) electrons. The highest BCUT2D eigenvalue weighted by molar-refractivity contribution is 5.90. The van der Waals surface area contributed by atoms with Crippen LogP contribution in [0.1, 0.15) is 22.0 Å². The van der Waals surface area contributed by atoms with Crippen molar-refractivity contribution in [3.05, 3.63) is 35.4 Å². The van der Waals surface area contributed by atoms with E-state index in [0.717, 1.165) is 0 Å². The fraction of sp³-hybridized carbons (Fsp3) is 0.273. The van der Waals surface area contributed by atoms with Gasteiger partial charge in [0, 0.05) is 0 Å². The second-order valence-corrected chi connectivity index (χ2v) is 3.04. The van der Waals surface area contributed by atoms with E-state index in [4.69, 9.17) is 0 Å². The van der Waals surface area contributed by atoms with E-state index in [-0.39, 0.29) is 11.1 Å². The lowest BCUT2D eigenvalue weighted by atomic mass is 10.1. The van der Waals surface area contributed by atoms with Gasteiger partial charge in [-0.2, -0.15) is 0 Å². The van der Waals surface area contributed by atoms with Crippen molar-refractivity contribution in [3.8, 4) is 0 Å². The molecule has 0 unspecified atom stereocenters. The summed E-state index contributed by atoms with van der Waals surface area (Å²) in [6.45, 7) is 0. The molecule has 0 fully saturated rings. The molecule has 0 saturated heterocycles. The third-order valence-electron chi connectivity index (χ3n) is 2.05. The second-order valence-electron chi connectivity index (χ2n) is 3.04. The summed E-state index contributed by atoms with van der Waals surface area (Å²) in [6.07, 6.45) is -1.39. The molecule has 0 spiro atoms. The maximum Gasteiger partial charge on any atom is 0.339 e. The van der Waals surface area contributed by atoms with Gasteiger partial charge in [0.2, 0.25) is 0 Å². The Labute approximate surface area is 92.6 Å². The number of carbonyl (C=O) groups is 2. The molecule has 0 bridgehead atoms. The maximum absolute atomic E-state index is 11.2. The summed E-state index contributed by atoms with van der Waals surface area (Å²) in [4.78, 5) is 22.3. The van der Waals surface area contributed by atoms with Gasteiger partial charge in [-0.15, -0.1) is 0 Å². The summed E-state index contributed by atoms with van der Waals surface area (Å²) in [5.41, 5.74) is 0.553. The molecule has 0 aliphatic heterocycles. The summed E-state index contributed by atoms with van der Waals surface area (Å²) in [5, 5.41) is 9.54. The zero-order chi connectivity index (χ0) is 12.1. The summed E-state index contributed by atoms with van der Waals surface area (Å²) in [6, 6.07) is 5.98. The summed E-state index contributed by atoms with van der Waals surface area (Å²) in [7, 11) is 2.43. The topological polar surface area (TPSA) is 72.8 Å². The third-order valence-corrected chi connectivity index (χ3v) is 2.05. The zero-order valence-corrected chi connectivity index (χ0v) is 8.97. The van der Waals surface area contributed by atoms with Crippen molar-refractivity contribution in [2.45, 2.75) is 6.10 Å². The number of hydrogen-bond acceptors (Lipinski definition) is 5. The first kappa shape index (κ1) is 12.2. The van der Waals surface area contributed by atoms with Crippen LogP contribution >= 0.6 is 0 Å². The van der Waals surface area contributed by atoms with E-state index in [0.29, 0.717) is 0 Å². The van der Waals surface area contributed by atoms with Gasteiger partial charge in [-0.3, -0.25) is 0 Å². The average molecular weight is 224 g/mol. The van der Waals surface area contributed by atoms with Crippen LogP contribution < -0.4 is 0 Å². The average Bonchev–Trinajstić information content (AvgIpc) is 2.36. The van der Waals surface area contributed by atoms with E-state index in [9.17, 15) is 14.7 Å². The van der Waals surface area contributed by atoms with E-state index < -0.39 is 18.0 Å². The molecule has 1 atom stereocenters. The van der Waals surface area contributed by atoms with Crippen LogP contribution in [0, 0.1) is 0 Å². The Morgan fingerprint density at radius 2 is 1.94 bits per heavy atom. The predicted octanol–water partition coefficient (Wildman–Crippen LogP) is 0.680. The first-order valence-electron chi connectivity index (χ1n) is 4.54. The number of hydrogen-bond donors (Lipinski definition) is 1. The Bertz CT molecular complexity index is 399. The van der Waals surface area contributed by atoms with Crippen LogP contribution in [0.15, 0.2) is 24.3 Å². The molecule has 1 aromatic carbocycles. The fourth-order valence-corrected chi connectivity index (χ4v) is 1.20. The van der Waals surface area contributed by atoms with Crippen molar-refractivity contribution in [2.24, 2.45) is 0 Å². The molecule has 0 amide bonds. The number of esters is 2. The number of benzene rings is 1. The van der Waals surface area contributed by atoms with Crippen LogP contribution in [0.4, 0.5) is 0 Å². The largest absolute Gasteiger partial charge is 0.467 e. The Balaban J connectivity index is 2.98. The minimum atomic E-state index is -1.39. The molecular formula is C11H12O5. The van der Waals surface area contributed by atoms with Crippen molar-refractivity contribution < 1.29 is 24.2 Å². The monoisotopic (exact) mass is 224 g/mol. The first-order chi connectivity index (χ1) is 7.60. The Hall–Kier alpha value is -1.88. The van der Waals surface area contributed by atoms with E-state index >= 15 is 0 Å². The quantitative estimate of drug-likeness (QED) is 0.764. The highest BCUT2D eigenvalue weighted by Gasteiger charge is 2.19. The smallest absolute Gasteiger partial charge is 0.339 e. The van der Waals surface area contributed by atoms with Crippen molar-refractivity contribution in [1.82, 2.24) is 0 Å². The van der Waals surface area contributed by atoms with E-state index in [1.54, 1.807) is 6.07 Å². The number of ether oxygens (including phenoxy) is 2. The molecule has 86 valence electrons. The number of carbonyl (C=O) groups excluding carboxylic acids is 2. The van der Waals surface area contributed by atoms with Crippen LogP contribution in [0.3, 0.4) is 0 Å². The lowest BCUT2D eigenvalue weighted by molar-refractivity contribution is -0.150. The lowest BCUT2D eigenvalue weighted by Gasteiger charge is -2.09. The number of rotatable bonds is 3. The Morgan fingerprint density at radius 1 is 1.25 bits per heavy atom. The first-order valence-corrected chi connectivity index (χ1v) is 4.54. The number of methoxy groups -OCH3 is 2. The minimum absolute atomic E-state index is 0.267. The molecule has 0 aliphatic carbocycles. The fourth-order valence-electron chi connectivity index (χ4n) is 1.20. The molecule has 5 heteroatoms. The highest BCUT2D eigenvalue weighted by atomic mass is 16.5. The summed E-state index contributed by atoms with van der Waals surface area (Å²) >= 11 is 0. The van der Waals surface area contributed by atoms with Crippen LogP contribution in [-0.2, 0) is 14.3 Å². The molecular weight excluding hydrogens is 212 g/mol. The van der Waals surface area contributed by atoms with Gasteiger partial charge < -0.3 is 14.6 Å². The van der Waals surface area contributed by atoms with Gasteiger partial charge in [-0.1, -0.05) is 12.1 Å². The van der Waals surface area contributed by atoms with Crippen molar-refractivity contribution >= 4 is 11.9 Å². The van der Waals surface area contributed by atoms with Gasteiger partial charge in [0.15, 0.2) is 6.10 Å². The predicted molar refractivity (Wildman–Crippen MR) is 54.8 cm³/mol. The molecule has 5 nitrogen and oxygen atoms in total. The molecule has 1 aromatic rings. The molecule has 0 heterocycles. The van der Waals surface area contributed by atoms with Gasteiger partial charge in [-0.05, 0) is 17.7 Å². The van der Waals surface area contributed by atoms with Crippen LogP contribution in [0.25, 0.3) is 0 Å². The summed E-state index contributed by atoms with van der Waals surface area (Å²) in [5.74, 6) is -1.30. The van der Waals surface area contributed by atoms with Gasteiger partial charge >= 0.3 is 11.9 Å². The van der Waals surface area contributed by atoms with Gasteiger partial charge in [0.1, 0.15) is 0 Å². The summed E-state index contributed by atoms with van der Waals surface area (Å²) < 4.78 is 8.91. The Kier molecular flexibility index (Phi) is 4.02. The molecule has 16 heavy (non-hydrogen) atoms. The van der Waals surface area contributed by atoms with Crippen LogP contribution in [0.5, 0.6) is 0 Å². The van der Waals surface area contributed by atoms with Gasteiger partial charge in [-0.25, -0.2) is 9.59 Å². The SMILES string of the molecule is COC(=O)c1cccc([C@@H](O)C(=O)OC)c1. The van der Waals surface area contributed by atoms with E-state index in [2.05, 4.69) is 9.47 Å². The van der Waals surface area contributed by atoms with Gasteiger partial charge in [0.05, 0.1) is 19.8 Å². The van der Waals surface area contributed by atoms with Gasteiger partial charge in [0.25, 0.3) is 0 Å². The van der Waals surface area contributed by atoms with Crippen LogP contribution in [0.2, 0.25) is 0 Å². The van der Waals surface area contributed by atoms with Crippen molar-refractivity contribution in [1.29, 1.82) is 0 Å². The molecule has 0 aromatic heterocycles. The molecule has 1 N–H and O–H groups in total. The number of aliphatic hydroxyl groups is 1. The van der Waals surface area contributed by atoms with Crippen molar-refractivity contribution in [2.75, 3.05) is 14.2 Å². The zero-order valence-electron chi connectivity index (χ0n) is 8.97. The highest BCUT2D eigenvalue weighted by Crippen LogP contribution is 2.16. The Morgan fingerprint density at radius 3 is 2.50 bits per heavy atom. The standard InChI is InChI=1S/C11H12O5/c1-15-10(13)8-5-3-4-7(6-8)9(12)11(14)16-2/h3-6,9,12H,1-2H3/t9-/m1/s1. The van der Waals surface area contributed by atoms with Crippen molar-refractivity contribution in [3.63, 3.8) is 0 Å². The maximum atomic E-state index is 11.2. The second kappa shape index (κ2) is 5.27. The van der Waals surface area contributed by atoms with E-state index in [1.165, 1.54) is 32.4 Å². The molecule has 0 saturated carbocycles. The number of aliphatic hydroxyl groups excluding tert-OH is 1.